The third-order valence-electron chi connectivity index (χ3n) is 4.57. The Bertz CT molecular complexity index is 769. The minimum atomic E-state index is -5.34. The van der Waals surface area contributed by atoms with Gasteiger partial charge in [-0.2, -0.15) is 26.3 Å². The van der Waals surface area contributed by atoms with Gasteiger partial charge < -0.3 is 14.7 Å². The van der Waals surface area contributed by atoms with E-state index in [1.54, 1.807) is 6.07 Å². The van der Waals surface area contributed by atoms with Crippen LogP contribution in [0.15, 0.2) is 18.7 Å². The van der Waals surface area contributed by atoms with E-state index in [2.05, 4.69) is 6.58 Å². The van der Waals surface area contributed by atoms with E-state index < -0.39 is 46.8 Å². The van der Waals surface area contributed by atoms with Crippen LogP contribution in [0, 0.1) is 6.07 Å². The molecule has 1 aliphatic rings. The number of piperazine rings is 1. The smallest absolute Gasteiger partial charge is 0.368 e. The average molecular weight is 439 g/mol. The van der Waals surface area contributed by atoms with Gasteiger partial charge >= 0.3 is 12.4 Å². The quantitative estimate of drug-likeness (QED) is 0.421. The van der Waals surface area contributed by atoms with E-state index in [9.17, 15) is 31.1 Å². The van der Waals surface area contributed by atoms with Crippen LogP contribution in [0.2, 0.25) is 0 Å². The van der Waals surface area contributed by atoms with Gasteiger partial charge in [0.1, 0.15) is 0 Å². The fourth-order valence-corrected chi connectivity index (χ4v) is 3.10. The monoisotopic (exact) mass is 439 g/mol. The van der Waals surface area contributed by atoms with E-state index in [1.165, 1.54) is 11.8 Å². The molecule has 0 spiro atoms. The summed E-state index contributed by atoms with van der Waals surface area (Å²) in [7, 11) is 0. The van der Waals surface area contributed by atoms with Gasteiger partial charge in [0.25, 0.3) is 5.91 Å². The topological polar surface area (TPSA) is 53.0 Å². The van der Waals surface area contributed by atoms with E-state index in [4.69, 9.17) is 9.84 Å². The minimum absolute atomic E-state index is 0.166. The van der Waals surface area contributed by atoms with Crippen molar-refractivity contribution >= 4 is 11.5 Å². The summed E-state index contributed by atoms with van der Waals surface area (Å²) in [6, 6.07) is 3.05. The number of amides is 1. The number of carbonyl (C=O) groups is 1. The molecule has 0 aliphatic carbocycles. The third-order valence-corrected chi connectivity index (χ3v) is 4.57. The van der Waals surface area contributed by atoms with Crippen LogP contribution in [0.4, 0.5) is 26.3 Å². The number of halogens is 6. The van der Waals surface area contributed by atoms with E-state index in [-0.39, 0.29) is 19.7 Å². The number of aliphatic hydroxyl groups is 1. The van der Waals surface area contributed by atoms with Crippen molar-refractivity contribution in [3.63, 3.8) is 0 Å². The average Bonchev–Trinajstić information content (AvgIpc) is 2.65. The van der Waals surface area contributed by atoms with Crippen LogP contribution in [0.25, 0.3) is 5.57 Å². The van der Waals surface area contributed by atoms with Gasteiger partial charge in [0.2, 0.25) is 0 Å². The molecule has 1 fully saturated rings. The number of carbonyl (C=O) groups excluding carboxylic acids is 1. The van der Waals surface area contributed by atoms with Crippen LogP contribution in [-0.2, 0) is 21.9 Å². The Morgan fingerprint density at radius 2 is 1.80 bits per heavy atom. The van der Waals surface area contributed by atoms with Crippen LogP contribution in [-0.4, -0.2) is 66.4 Å². The molecule has 1 unspecified atom stereocenters. The molecule has 1 heterocycles. The van der Waals surface area contributed by atoms with Crippen LogP contribution >= 0.6 is 0 Å². The first-order valence-corrected chi connectivity index (χ1v) is 9.02. The Balaban J connectivity index is 2.15. The maximum Gasteiger partial charge on any atom is 0.417 e. The second-order valence-corrected chi connectivity index (χ2v) is 6.72. The second-order valence-electron chi connectivity index (χ2n) is 6.72. The summed E-state index contributed by atoms with van der Waals surface area (Å²) in [4.78, 5) is 15.8. The van der Waals surface area contributed by atoms with Crippen molar-refractivity contribution in [1.29, 1.82) is 0 Å². The zero-order valence-corrected chi connectivity index (χ0v) is 16.1. The zero-order valence-electron chi connectivity index (χ0n) is 16.1. The first-order valence-electron chi connectivity index (χ1n) is 9.02. The molecule has 5 nitrogen and oxygen atoms in total. The first-order chi connectivity index (χ1) is 13.8. The van der Waals surface area contributed by atoms with Crippen LogP contribution in [0.5, 0.6) is 0 Å². The van der Waals surface area contributed by atoms with Crippen molar-refractivity contribution in [2.24, 2.45) is 0 Å². The van der Waals surface area contributed by atoms with E-state index in [0.717, 1.165) is 6.07 Å². The standard InChI is InChI=1S/C19H21F6N2O3/c1-12(14-4-3-5-15(18(20,21)22)16(14)19(23,24)25)17(29)27-8-6-26(7-9-27)10-11-30-13(2)28/h3-4,13,28H,1,6-11H2,2H3. The highest BCUT2D eigenvalue weighted by Crippen LogP contribution is 2.43. The molecule has 1 atom stereocenters. The molecule has 11 heteroatoms. The van der Waals surface area contributed by atoms with Crippen LogP contribution in [0.3, 0.4) is 0 Å². The molecule has 1 aliphatic heterocycles. The summed E-state index contributed by atoms with van der Waals surface area (Å²) in [5.74, 6) is -0.861. The first kappa shape index (κ1) is 24.2. The highest BCUT2D eigenvalue weighted by Gasteiger charge is 2.45. The Labute approximate surface area is 169 Å². The third kappa shape index (κ3) is 5.96. The number of benzene rings is 1. The SMILES string of the molecule is C=C(C(=O)N1CCN(CCOC(C)O)CC1)c1cc[c]c(C(F)(F)F)c1C(F)(F)F. The van der Waals surface area contributed by atoms with Crippen molar-refractivity contribution < 1.29 is 41.0 Å². The number of alkyl halides is 6. The van der Waals surface area contributed by atoms with Gasteiger partial charge in [0, 0.05) is 38.3 Å². The molecular formula is C19H21F6N2O3. The number of aliphatic hydroxyl groups excluding tert-OH is 1. The van der Waals surface area contributed by atoms with Gasteiger partial charge in [-0.05, 0) is 18.6 Å². The maximum absolute atomic E-state index is 13.4. The lowest BCUT2D eigenvalue weighted by atomic mass is 9.94. The van der Waals surface area contributed by atoms with E-state index >= 15 is 0 Å². The van der Waals surface area contributed by atoms with Crippen molar-refractivity contribution in [2.45, 2.75) is 25.6 Å². The van der Waals surface area contributed by atoms with E-state index in [0.29, 0.717) is 25.7 Å². The number of hydrogen-bond acceptors (Lipinski definition) is 4. The maximum atomic E-state index is 13.4. The molecule has 1 aromatic rings. The predicted molar refractivity (Wildman–Crippen MR) is 95.0 cm³/mol. The van der Waals surface area contributed by atoms with Gasteiger partial charge in [-0.3, -0.25) is 9.69 Å². The lowest BCUT2D eigenvalue weighted by Gasteiger charge is -2.35. The molecule has 1 saturated heterocycles. The largest absolute Gasteiger partial charge is 0.417 e. The van der Waals surface area contributed by atoms with Crippen molar-refractivity contribution in [2.75, 3.05) is 39.3 Å². The van der Waals surface area contributed by atoms with Crippen molar-refractivity contribution in [3.8, 4) is 0 Å². The summed E-state index contributed by atoms with van der Waals surface area (Å²) < 4.78 is 84.5. The van der Waals surface area contributed by atoms with Gasteiger partial charge in [-0.25, -0.2) is 0 Å². The molecule has 0 saturated carbocycles. The lowest BCUT2D eigenvalue weighted by Crippen LogP contribution is -2.49. The molecule has 30 heavy (non-hydrogen) atoms. The summed E-state index contributed by atoms with van der Waals surface area (Å²) in [6.07, 6.45) is -11.5. The number of ether oxygens (including phenoxy) is 1. The normalized spacial score (nSPS) is 17.1. The summed E-state index contributed by atoms with van der Waals surface area (Å²) in [5, 5.41) is 9.06. The molecule has 0 aromatic heterocycles. The Kier molecular flexibility index (Phi) is 7.54. The fourth-order valence-electron chi connectivity index (χ4n) is 3.10. The van der Waals surface area contributed by atoms with Crippen molar-refractivity contribution in [1.82, 2.24) is 9.80 Å². The number of nitrogens with zero attached hydrogens (tertiary/aromatic N) is 2. The lowest BCUT2D eigenvalue weighted by molar-refractivity contribution is -0.162. The summed E-state index contributed by atoms with van der Waals surface area (Å²) in [6.45, 7) is 6.67. The Hall–Kier alpha value is -2.11. The molecule has 0 bridgehead atoms. The van der Waals surface area contributed by atoms with Crippen LogP contribution in [0.1, 0.15) is 23.6 Å². The zero-order chi connectivity index (χ0) is 22.7. The summed E-state index contributed by atoms with van der Waals surface area (Å²) in [5.41, 5.74) is -5.52. The number of hydrogen-bond donors (Lipinski definition) is 1. The van der Waals surface area contributed by atoms with Crippen molar-refractivity contribution in [3.05, 3.63) is 41.5 Å². The molecule has 1 amide bonds. The fraction of sp³-hybridized carbons (Fsp3) is 0.526. The van der Waals surface area contributed by atoms with Gasteiger partial charge in [0.15, 0.2) is 6.29 Å². The molecule has 1 radical (unpaired) electrons. The Morgan fingerprint density at radius 3 is 2.30 bits per heavy atom. The highest BCUT2D eigenvalue weighted by atomic mass is 19.4. The second kappa shape index (κ2) is 9.36. The molecule has 1 aromatic carbocycles. The number of rotatable bonds is 6. The molecular weight excluding hydrogens is 418 g/mol. The predicted octanol–water partition coefficient (Wildman–Crippen LogP) is 3.04. The molecule has 1 N–H and O–H groups in total. The van der Waals surface area contributed by atoms with Crippen LogP contribution < -0.4 is 0 Å². The van der Waals surface area contributed by atoms with Gasteiger partial charge in [0.05, 0.1) is 17.7 Å². The van der Waals surface area contributed by atoms with Gasteiger partial charge in [-0.15, -0.1) is 0 Å². The highest BCUT2D eigenvalue weighted by molar-refractivity contribution is 6.19. The Morgan fingerprint density at radius 1 is 1.20 bits per heavy atom. The molecule has 167 valence electrons. The van der Waals surface area contributed by atoms with E-state index in [1.807, 2.05) is 4.90 Å². The minimum Gasteiger partial charge on any atom is -0.368 e. The summed E-state index contributed by atoms with van der Waals surface area (Å²) >= 11 is 0. The molecule has 2 rings (SSSR count). The van der Waals surface area contributed by atoms with Gasteiger partial charge in [-0.1, -0.05) is 18.7 Å².